The molecule has 0 saturated carbocycles. The van der Waals surface area contributed by atoms with E-state index in [1.807, 2.05) is 36.4 Å². The lowest BCUT2D eigenvalue weighted by Gasteiger charge is -2.02. The van der Waals surface area contributed by atoms with Gasteiger partial charge in [-0.3, -0.25) is 0 Å². The summed E-state index contributed by atoms with van der Waals surface area (Å²) in [6, 6.07) is 13.4. The average Bonchev–Trinajstić information content (AvgIpc) is 2.87. The Hall–Kier alpha value is -2.14. The fraction of sp³-hybridized carbons (Fsp3) is 0.133. The van der Waals surface area contributed by atoms with E-state index < -0.39 is 0 Å². The van der Waals surface area contributed by atoms with Gasteiger partial charge >= 0.3 is 0 Å². The first-order valence-corrected chi connectivity index (χ1v) is 7.15. The molecule has 0 fully saturated rings. The molecule has 0 aliphatic carbocycles. The molecule has 3 aromatic rings. The summed E-state index contributed by atoms with van der Waals surface area (Å²) in [5.41, 5.74) is 9.13. The van der Waals surface area contributed by atoms with Gasteiger partial charge in [0.2, 0.25) is 0 Å². The Bertz CT molecular complexity index is 740. The molecule has 0 aliphatic heterocycles. The van der Waals surface area contributed by atoms with Crippen LogP contribution >= 0.6 is 11.8 Å². The number of anilines is 1. The van der Waals surface area contributed by atoms with E-state index in [-0.39, 0.29) is 0 Å². The van der Waals surface area contributed by atoms with Gasteiger partial charge in [-0.15, -0.1) is 0 Å². The van der Waals surface area contributed by atoms with Crippen molar-refractivity contribution in [3.63, 3.8) is 0 Å². The fourth-order valence-corrected chi connectivity index (χ4v) is 2.67. The Morgan fingerprint density at radius 2 is 2.15 bits per heavy atom. The van der Waals surface area contributed by atoms with Crippen molar-refractivity contribution in [2.24, 2.45) is 0 Å². The van der Waals surface area contributed by atoms with Gasteiger partial charge in [0.15, 0.2) is 5.58 Å². The van der Waals surface area contributed by atoms with Gasteiger partial charge < -0.3 is 14.9 Å². The Morgan fingerprint density at radius 3 is 3.00 bits per heavy atom. The minimum Gasteiger partial charge on any atom is -0.497 e. The van der Waals surface area contributed by atoms with Crippen LogP contribution in [0.4, 0.5) is 5.69 Å². The lowest BCUT2D eigenvalue weighted by Crippen LogP contribution is -1.85. The van der Waals surface area contributed by atoms with Crippen molar-refractivity contribution in [3.8, 4) is 5.75 Å². The van der Waals surface area contributed by atoms with E-state index in [2.05, 4.69) is 11.1 Å². The quantitative estimate of drug-likeness (QED) is 0.585. The number of nitrogens with zero attached hydrogens (tertiary/aromatic N) is 1. The largest absolute Gasteiger partial charge is 0.497 e. The summed E-state index contributed by atoms with van der Waals surface area (Å²) in [6.07, 6.45) is 0. The van der Waals surface area contributed by atoms with Crippen molar-refractivity contribution >= 4 is 28.5 Å². The Kier molecular flexibility index (Phi) is 3.52. The molecule has 102 valence electrons. The predicted molar refractivity (Wildman–Crippen MR) is 81.0 cm³/mol. The number of thioether (sulfide) groups is 1. The van der Waals surface area contributed by atoms with E-state index in [9.17, 15) is 0 Å². The van der Waals surface area contributed by atoms with Crippen molar-refractivity contribution in [1.29, 1.82) is 0 Å². The molecule has 1 aromatic heterocycles. The number of fused-ring (bicyclic) bond motifs is 1. The zero-order valence-electron chi connectivity index (χ0n) is 11.0. The van der Waals surface area contributed by atoms with Crippen LogP contribution in [0.15, 0.2) is 52.1 Å². The summed E-state index contributed by atoms with van der Waals surface area (Å²) >= 11 is 1.55. The van der Waals surface area contributed by atoms with E-state index in [4.69, 9.17) is 14.9 Å². The van der Waals surface area contributed by atoms with E-state index in [0.29, 0.717) is 10.9 Å². The maximum absolute atomic E-state index is 5.73. The minimum atomic E-state index is 0.647. The lowest BCUT2D eigenvalue weighted by molar-refractivity contribution is 0.414. The second kappa shape index (κ2) is 5.46. The fourth-order valence-electron chi connectivity index (χ4n) is 1.89. The Labute approximate surface area is 120 Å². The van der Waals surface area contributed by atoms with Gasteiger partial charge in [0.25, 0.3) is 5.22 Å². The highest BCUT2D eigenvalue weighted by atomic mass is 32.2. The molecule has 1 heterocycles. The molecule has 0 bridgehead atoms. The molecule has 2 N–H and O–H groups in total. The number of nitrogens with two attached hydrogens (primary N) is 1. The van der Waals surface area contributed by atoms with Crippen molar-refractivity contribution in [3.05, 3.63) is 48.0 Å². The summed E-state index contributed by atoms with van der Waals surface area (Å²) in [5, 5.41) is 0.647. The van der Waals surface area contributed by atoms with E-state index in [1.54, 1.807) is 18.9 Å². The Morgan fingerprint density at radius 1 is 1.25 bits per heavy atom. The summed E-state index contributed by atoms with van der Waals surface area (Å²) < 4.78 is 10.9. The van der Waals surface area contributed by atoms with Gasteiger partial charge in [-0.1, -0.05) is 23.9 Å². The van der Waals surface area contributed by atoms with Crippen LogP contribution in [0.5, 0.6) is 5.75 Å². The number of oxazole rings is 1. The van der Waals surface area contributed by atoms with Gasteiger partial charge in [-0.05, 0) is 35.9 Å². The smallest absolute Gasteiger partial charge is 0.257 e. The molecule has 0 saturated heterocycles. The first-order valence-electron chi connectivity index (χ1n) is 6.16. The van der Waals surface area contributed by atoms with Crippen LogP contribution in [0.25, 0.3) is 11.1 Å². The molecule has 0 spiro atoms. The second-order valence-corrected chi connectivity index (χ2v) is 5.27. The van der Waals surface area contributed by atoms with E-state index >= 15 is 0 Å². The molecule has 4 nitrogen and oxygen atoms in total. The van der Waals surface area contributed by atoms with Crippen LogP contribution in [-0.2, 0) is 5.75 Å². The molecule has 0 unspecified atom stereocenters. The minimum absolute atomic E-state index is 0.647. The molecule has 20 heavy (non-hydrogen) atoms. The number of benzene rings is 2. The zero-order valence-corrected chi connectivity index (χ0v) is 11.8. The number of nitrogen functional groups attached to an aromatic ring is 1. The number of ether oxygens (including phenoxy) is 1. The van der Waals surface area contributed by atoms with Crippen molar-refractivity contribution in [2.75, 3.05) is 12.8 Å². The van der Waals surface area contributed by atoms with Crippen molar-refractivity contribution < 1.29 is 9.15 Å². The molecule has 0 radical (unpaired) electrons. The third-order valence-electron chi connectivity index (χ3n) is 2.89. The maximum atomic E-state index is 5.73. The molecule has 5 heteroatoms. The second-order valence-electron chi connectivity index (χ2n) is 4.35. The van der Waals surface area contributed by atoms with Crippen LogP contribution in [0, 0.1) is 0 Å². The van der Waals surface area contributed by atoms with Crippen LogP contribution in [-0.4, -0.2) is 12.1 Å². The average molecular weight is 286 g/mol. The van der Waals surface area contributed by atoms with E-state index in [0.717, 1.165) is 28.2 Å². The Balaban J connectivity index is 1.76. The summed E-state index contributed by atoms with van der Waals surface area (Å²) in [4.78, 5) is 4.42. The maximum Gasteiger partial charge on any atom is 0.257 e. The van der Waals surface area contributed by atoms with E-state index in [1.165, 1.54) is 0 Å². The molecular formula is C15H14N2O2S. The molecular weight excluding hydrogens is 272 g/mol. The molecule has 0 aliphatic rings. The highest BCUT2D eigenvalue weighted by Gasteiger charge is 2.07. The van der Waals surface area contributed by atoms with Gasteiger partial charge in [-0.2, -0.15) is 0 Å². The van der Waals surface area contributed by atoms with Crippen molar-refractivity contribution in [2.45, 2.75) is 11.0 Å². The summed E-state index contributed by atoms with van der Waals surface area (Å²) in [6.45, 7) is 0. The van der Waals surface area contributed by atoms with Gasteiger partial charge in [0.1, 0.15) is 11.3 Å². The summed E-state index contributed by atoms with van der Waals surface area (Å²) in [5.74, 6) is 1.63. The molecule has 0 atom stereocenters. The topological polar surface area (TPSA) is 61.3 Å². The van der Waals surface area contributed by atoms with Crippen LogP contribution in [0.1, 0.15) is 5.56 Å². The van der Waals surface area contributed by atoms with Crippen LogP contribution in [0.2, 0.25) is 0 Å². The highest BCUT2D eigenvalue weighted by molar-refractivity contribution is 7.98. The number of rotatable bonds is 4. The monoisotopic (exact) mass is 286 g/mol. The SMILES string of the molecule is COc1cccc(CSc2nc3cc(N)ccc3o2)c1. The highest BCUT2D eigenvalue weighted by Crippen LogP contribution is 2.28. The predicted octanol–water partition coefficient (Wildman–Crippen LogP) is 3.71. The number of hydrogen-bond donors (Lipinski definition) is 1. The van der Waals surface area contributed by atoms with Crippen LogP contribution < -0.4 is 10.5 Å². The third-order valence-corrected chi connectivity index (χ3v) is 3.79. The molecule has 3 rings (SSSR count). The lowest BCUT2D eigenvalue weighted by atomic mass is 10.2. The number of hydrogen-bond acceptors (Lipinski definition) is 5. The van der Waals surface area contributed by atoms with Crippen LogP contribution in [0.3, 0.4) is 0 Å². The van der Waals surface area contributed by atoms with Gasteiger partial charge in [0.05, 0.1) is 7.11 Å². The molecule has 2 aromatic carbocycles. The van der Waals surface area contributed by atoms with Crippen molar-refractivity contribution in [1.82, 2.24) is 4.98 Å². The number of methoxy groups -OCH3 is 1. The van der Waals surface area contributed by atoms with Gasteiger partial charge in [-0.25, -0.2) is 4.98 Å². The van der Waals surface area contributed by atoms with Gasteiger partial charge in [0, 0.05) is 11.4 Å². The number of aromatic nitrogens is 1. The molecule has 0 amide bonds. The standard InChI is InChI=1S/C15H14N2O2S/c1-18-12-4-2-3-10(7-12)9-20-15-17-13-8-11(16)5-6-14(13)19-15/h2-8H,9,16H2,1H3. The third kappa shape index (κ3) is 2.72. The zero-order chi connectivity index (χ0) is 13.9. The normalized spacial score (nSPS) is 10.8. The first kappa shape index (κ1) is 12.9. The first-order chi connectivity index (χ1) is 9.74. The summed E-state index contributed by atoms with van der Waals surface area (Å²) in [7, 11) is 1.66.